The highest BCUT2D eigenvalue weighted by Gasteiger charge is 2.52. The number of likely N-dealkylation sites (tertiary alicyclic amines) is 1. The lowest BCUT2D eigenvalue weighted by molar-refractivity contribution is 0.00578. The van der Waals surface area contributed by atoms with Gasteiger partial charge in [-0.2, -0.15) is 0 Å². The molecule has 9 heteroatoms. The van der Waals surface area contributed by atoms with Gasteiger partial charge in [-0.25, -0.2) is 4.79 Å². The Morgan fingerprint density at radius 2 is 1.85 bits per heavy atom. The van der Waals surface area contributed by atoms with Crippen LogP contribution in [0.3, 0.4) is 0 Å². The molecule has 180 valence electrons. The van der Waals surface area contributed by atoms with Crippen LogP contribution in [0.1, 0.15) is 60.1 Å². The van der Waals surface area contributed by atoms with Gasteiger partial charge in [-0.15, -0.1) is 0 Å². The van der Waals surface area contributed by atoms with E-state index in [4.69, 9.17) is 19.5 Å². The molecule has 2 unspecified atom stereocenters. The normalized spacial score (nSPS) is 26.3. The third kappa shape index (κ3) is 4.57. The van der Waals surface area contributed by atoms with Crippen LogP contribution in [0.2, 0.25) is 0 Å². The van der Waals surface area contributed by atoms with Gasteiger partial charge in [0.25, 0.3) is 0 Å². The SMILES string of the molecule is CC(C)COC(=O)N1C2CCC1CN(/C(=C/C=N)c1cc(B3OC(C)(C)C(C)(C)O3)c[nH]1)C2. The average Bonchev–Trinajstić information content (AvgIpc) is 3.37. The summed E-state index contributed by atoms with van der Waals surface area (Å²) in [5.74, 6) is 0.320. The number of aromatic nitrogens is 1. The van der Waals surface area contributed by atoms with Crippen molar-refractivity contribution in [1.82, 2.24) is 14.8 Å². The van der Waals surface area contributed by atoms with Gasteiger partial charge in [0.05, 0.1) is 41.3 Å². The molecular weight excluding hydrogens is 419 g/mol. The number of carbonyl (C=O) groups is 1. The van der Waals surface area contributed by atoms with Crippen molar-refractivity contribution < 1.29 is 18.8 Å². The molecule has 1 aromatic heterocycles. The Morgan fingerprint density at radius 3 is 2.39 bits per heavy atom. The number of H-pyrrole nitrogens is 1. The second-order valence-corrected chi connectivity index (χ2v) is 10.8. The lowest BCUT2D eigenvalue weighted by Crippen LogP contribution is -2.55. The van der Waals surface area contributed by atoms with Crippen molar-refractivity contribution in [3.8, 4) is 0 Å². The van der Waals surface area contributed by atoms with Gasteiger partial charge in [0.2, 0.25) is 0 Å². The number of piperazine rings is 1. The molecule has 0 aromatic carbocycles. The number of amides is 1. The van der Waals surface area contributed by atoms with Crippen molar-refractivity contribution >= 4 is 30.6 Å². The van der Waals surface area contributed by atoms with Gasteiger partial charge in [-0.05, 0) is 58.6 Å². The van der Waals surface area contributed by atoms with Crippen LogP contribution in [0.5, 0.6) is 0 Å². The number of ether oxygens (including phenoxy) is 1. The van der Waals surface area contributed by atoms with Crippen LogP contribution in [-0.4, -0.2) is 77.2 Å². The summed E-state index contributed by atoms with van der Waals surface area (Å²) in [5, 5.41) is 7.72. The third-order valence-electron chi connectivity index (χ3n) is 7.32. The van der Waals surface area contributed by atoms with Crippen molar-refractivity contribution in [3.05, 3.63) is 24.0 Å². The Balaban J connectivity index is 1.49. The van der Waals surface area contributed by atoms with Crippen LogP contribution in [-0.2, 0) is 14.0 Å². The van der Waals surface area contributed by atoms with E-state index in [2.05, 4.69) is 9.88 Å². The first-order valence-corrected chi connectivity index (χ1v) is 12.0. The monoisotopic (exact) mass is 456 g/mol. The van der Waals surface area contributed by atoms with E-state index >= 15 is 0 Å². The molecule has 3 saturated heterocycles. The van der Waals surface area contributed by atoms with E-state index in [1.54, 1.807) is 0 Å². The molecule has 2 bridgehead atoms. The Hall–Kier alpha value is -2.26. The fourth-order valence-electron chi connectivity index (χ4n) is 4.83. The summed E-state index contributed by atoms with van der Waals surface area (Å²) in [6.45, 7) is 14.2. The van der Waals surface area contributed by atoms with Gasteiger partial charge in [-0.3, -0.25) is 4.90 Å². The van der Waals surface area contributed by atoms with Gasteiger partial charge in [0.15, 0.2) is 0 Å². The van der Waals surface area contributed by atoms with Gasteiger partial charge < -0.3 is 29.3 Å². The molecule has 4 rings (SSSR count). The smallest absolute Gasteiger partial charge is 0.449 e. The van der Waals surface area contributed by atoms with Gasteiger partial charge in [0.1, 0.15) is 0 Å². The zero-order chi connectivity index (χ0) is 24.0. The standard InChI is InChI=1S/C24H37BN4O4/c1-16(2)15-31-22(30)29-18-7-8-19(29)14-28(13-18)21(9-10-26)20-11-17(12-27-20)25-32-23(3,4)24(5,6)33-25/h9-12,16,18-19,26-27H,7-8,13-15H2,1-6H3/b21-9+,26-10?. The minimum absolute atomic E-state index is 0.120. The molecule has 3 aliphatic rings. The topological polar surface area (TPSA) is 90.9 Å². The quantitative estimate of drug-likeness (QED) is 0.507. The highest BCUT2D eigenvalue weighted by Crippen LogP contribution is 2.37. The van der Waals surface area contributed by atoms with E-state index in [1.165, 1.54) is 6.21 Å². The van der Waals surface area contributed by atoms with Crippen molar-refractivity contribution in [2.75, 3.05) is 19.7 Å². The minimum atomic E-state index is -0.440. The molecule has 2 N–H and O–H groups in total. The molecule has 0 aliphatic carbocycles. The first-order valence-electron chi connectivity index (χ1n) is 12.0. The van der Waals surface area contributed by atoms with Crippen LogP contribution in [0.4, 0.5) is 4.79 Å². The number of aromatic amines is 1. The summed E-state index contributed by atoms with van der Waals surface area (Å²) < 4.78 is 17.9. The summed E-state index contributed by atoms with van der Waals surface area (Å²) in [4.78, 5) is 20.3. The lowest BCUT2D eigenvalue weighted by Gasteiger charge is -2.42. The Kier molecular flexibility index (Phi) is 6.40. The fourth-order valence-corrected chi connectivity index (χ4v) is 4.83. The Labute approximate surface area is 197 Å². The number of hydrogen-bond donors (Lipinski definition) is 2. The number of rotatable bonds is 6. The molecule has 2 atom stereocenters. The van der Waals surface area contributed by atoms with Crippen molar-refractivity contribution in [1.29, 1.82) is 5.41 Å². The Morgan fingerprint density at radius 1 is 1.24 bits per heavy atom. The predicted octanol–water partition coefficient (Wildman–Crippen LogP) is 3.25. The molecular formula is C24H37BN4O4. The van der Waals surface area contributed by atoms with E-state index < -0.39 is 18.3 Å². The van der Waals surface area contributed by atoms with E-state index in [1.807, 2.05) is 64.8 Å². The molecule has 33 heavy (non-hydrogen) atoms. The van der Waals surface area contributed by atoms with E-state index in [0.717, 1.165) is 42.8 Å². The highest BCUT2D eigenvalue weighted by atomic mass is 16.7. The maximum atomic E-state index is 12.7. The zero-order valence-corrected chi connectivity index (χ0v) is 20.7. The second kappa shape index (κ2) is 8.83. The summed E-state index contributed by atoms with van der Waals surface area (Å²) in [6.07, 6.45) is 6.79. The van der Waals surface area contributed by atoms with Crippen LogP contribution >= 0.6 is 0 Å². The molecule has 3 aliphatic heterocycles. The third-order valence-corrected chi connectivity index (χ3v) is 7.32. The number of hydrogen-bond acceptors (Lipinski definition) is 6. The van der Waals surface area contributed by atoms with Crippen molar-refractivity contribution in [2.24, 2.45) is 5.92 Å². The molecule has 4 heterocycles. The molecule has 0 saturated carbocycles. The second-order valence-electron chi connectivity index (χ2n) is 10.8. The van der Waals surface area contributed by atoms with Crippen LogP contribution in [0, 0.1) is 11.3 Å². The van der Waals surface area contributed by atoms with Gasteiger partial charge >= 0.3 is 13.2 Å². The number of allylic oxidation sites excluding steroid dienone is 1. The zero-order valence-electron chi connectivity index (χ0n) is 20.7. The lowest BCUT2D eigenvalue weighted by atomic mass is 9.81. The highest BCUT2D eigenvalue weighted by molar-refractivity contribution is 6.62. The van der Waals surface area contributed by atoms with E-state index in [-0.39, 0.29) is 18.2 Å². The first-order chi connectivity index (χ1) is 15.5. The van der Waals surface area contributed by atoms with Crippen molar-refractivity contribution in [3.63, 3.8) is 0 Å². The minimum Gasteiger partial charge on any atom is -0.449 e. The molecule has 1 amide bonds. The molecule has 3 fully saturated rings. The van der Waals surface area contributed by atoms with Crippen LogP contribution in [0.15, 0.2) is 18.3 Å². The van der Waals surface area contributed by atoms with Crippen LogP contribution in [0.25, 0.3) is 5.70 Å². The van der Waals surface area contributed by atoms with E-state index in [0.29, 0.717) is 12.5 Å². The van der Waals surface area contributed by atoms with Crippen molar-refractivity contribution in [2.45, 2.75) is 77.7 Å². The molecule has 0 spiro atoms. The number of nitrogens with one attached hydrogen (secondary N) is 2. The molecule has 0 radical (unpaired) electrons. The summed E-state index contributed by atoms with van der Waals surface area (Å²) in [7, 11) is -0.440. The average molecular weight is 456 g/mol. The predicted molar refractivity (Wildman–Crippen MR) is 130 cm³/mol. The van der Waals surface area contributed by atoms with Crippen LogP contribution < -0.4 is 5.46 Å². The fraction of sp³-hybridized carbons (Fsp3) is 0.667. The summed E-state index contributed by atoms with van der Waals surface area (Å²) in [5.41, 5.74) is 1.99. The first kappa shape index (κ1) is 23.9. The number of carbonyl (C=O) groups excluding carboxylic acids is 1. The summed E-state index contributed by atoms with van der Waals surface area (Å²) >= 11 is 0. The molecule has 8 nitrogen and oxygen atoms in total. The number of fused-ring (bicyclic) bond motifs is 2. The largest absolute Gasteiger partial charge is 0.496 e. The maximum absolute atomic E-state index is 12.7. The van der Waals surface area contributed by atoms with Gasteiger partial charge in [0, 0.05) is 31.0 Å². The molecule has 1 aromatic rings. The van der Waals surface area contributed by atoms with E-state index in [9.17, 15) is 4.79 Å². The summed E-state index contributed by atoms with van der Waals surface area (Å²) in [6, 6.07) is 2.29. The Bertz CT molecular complexity index is 895. The maximum Gasteiger partial charge on any atom is 0.496 e. The number of nitrogens with zero attached hydrogens (tertiary/aromatic N) is 2. The van der Waals surface area contributed by atoms with Gasteiger partial charge in [-0.1, -0.05) is 13.8 Å².